The first-order valence-corrected chi connectivity index (χ1v) is 6.74. The molecular weight excluding hydrogens is 306 g/mol. The lowest BCUT2D eigenvalue weighted by molar-refractivity contribution is -0.136. The van der Waals surface area contributed by atoms with Gasteiger partial charge in [0.15, 0.2) is 0 Å². The molecule has 0 spiro atoms. The number of carbonyl (C=O) groups excluding carboxylic acids is 2. The van der Waals surface area contributed by atoms with Gasteiger partial charge in [-0.1, -0.05) is 24.3 Å². The van der Waals surface area contributed by atoms with E-state index in [1.54, 1.807) is 0 Å². The minimum Gasteiger partial charge on any atom is -0.387 e. The summed E-state index contributed by atoms with van der Waals surface area (Å²) in [5.74, 6) is -3.19. The van der Waals surface area contributed by atoms with Crippen molar-refractivity contribution >= 4 is 17.5 Å². The van der Waals surface area contributed by atoms with Crippen LogP contribution in [0.15, 0.2) is 48.5 Å². The van der Waals surface area contributed by atoms with E-state index in [0.717, 1.165) is 6.07 Å². The SMILES string of the molecule is O=C(NCC(O)c1ccc(F)cc1)C(=O)Nc1ccccc1F. The van der Waals surface area contributed by atoms with Crippen LogP contribution in [0.4, 0.5) is 14.5 Å². The maximum absolute atomic E-state index is 13.4. The predicted molar refractivity (Wildman–Crippen MR) is 79.4 cm³/mol. The fourth-order valence-corrected chi connectivity index (χ4v) is 1.81. The average Bonchev–Trinajstić information content (AvgIpc) is 2.55. The van der Waals surface area contributed by atoms with Gasteiger partial charge in [0.25, 0.3) is 0 Å². The Kier molecular flexibility index (Phi) is 5.37. The average molecular weight is 320 g/mol. The highest BCUT2D eigenvalue weighted by Gasteiger charge is 2.17. The molecule has 0 aromatic heterocycles. The van der Waals surface area contributed by atoms with Crippen molar-refractivity contribution in [2.75, 3.05) is 11.9 Å². The van der Waals surface area contributed by atoms with Crippen LogP contribution in [0.25, 0.3) is 0 Å². The molecule has 1 atom stereocenters. The van der Waals surface area contributed by atoms with Gasteiger partial charge < -0.3 is 15.7 Å². The summed E-state index contributed by atoms with van der Waals surface area (Å²) >= 11 is 0. The van der Waals surface area contributed by atoms with Gasteiger partial charge in [-0.05, 0) is 29.8 Å². The van der Waals surface area contributed by atoms with Crippen LogP contribution >= 0.6 is 0 Å². The number of rotatable bonds is 4. The minimum atomic E-state index is -1.10. The molecule has 0 aliphatic rings. The number of carbonyl (C=O) groups is 2. The fourth-order valence-electron chi connectivity index (χ4n) is 1.81. The Morgan fingerprint density at radius 2 is 1.65 bits per heavy atom. The Balaban J connectivity index is 1.87. The number of hydrogen-bond donors (Lipinski definition) is 3. The van der Waals surface area contributed by atoms with Gasteiger partial charge in [-0.2, -0.15) is 0 Å². The zero-order valence-corrected chi connectivity index (χ0v) is 11.9. The predicted octanol–water partition coefficient (Wildman–Crippen LogP) is 1.75. The second kappa shape index (κ2) is 7.46. The maximum Gasteiger partial charge on any atom is 0.313 e. The molecule has 0 heterocycles. The van der Waals surface area contributed by atoms with E-state index in [1.807, 2.05) is 0 Å². The smallest absolute Gasteiger partial charge is 0.313 e. The lowest BCUT2D eigenvalue weighted by atomic mass is 10.1. The summed E-state index contributed by atoms with van der Waals surface area (Å²) in [4.78, 5) is 23.3. The van der Waals surface area contributed by atoms with Crippen LogP contribution in [-0.4, -0.2) is 23.5 Å². The number of nitrogens with one attached hydrogen (secondary N) is 2. The molecule has 2 amide bonds. The van der Waals surface area contributed by atoms with E-state index in [2.05, 4.69) is 10.6 Å². The van der Waals surface area contributed by atoms with Crippen LogP contribution in [0, 0.1) is 11.6 Å². The molecule has 2 aromatic rings. The molecule has 2 aromatic carbocycles. The van der Waals surface area contributed by atoms with Gasteiger partial charge in [0, 0.05) is 6.54 Å². The zero-order valence-electron chi connectivity index (χ0n) is 11.9. The van der Waals surface area contributed by atoms with Crippen LogP contribution in [-0.2, 0) is 9.59 Å². The Morgan fingerprint density at radius 1 is 1.00 bits per heavy atom. The first-order valence-electron chi connectivity index (χ1n) is 6.74. The van der Waals surface area contributed by atoms with Gasteiger partial charge in [0.1, 0.15) is 11.6 Å². The highest BCUT2D eigenvalue weighted by Crippen LogP contribution is 2.13. The molecule has 7 heteroatoms. The Labute approximate surface area is 130 Å². The first-order chi connectivity index (χ1) is 11.0. The standard InChI is InChI=1S/C16H14F2N2O3/c17-11-7-5-10(6-8-11)14(21)9-19-15(22)16(23)20-13-4-2-1-3-12(13)18/h1-8,14,21H,9H2,(H,19,22)(H,20,23). The number of hydrogen-bond acceptors (Lipinski definition) is 3. The number of anilines is 1. The monoisotopic (exact) mass is 320 g/mol. The van der Waals surface area contributed by atoms with Gasteiger partial charge in [-0.3, -0.25) is 9.59 Å². The zero-order chi connectivity index (χ0) is 16.8. The van der Waals surface area contributed by atoms with E-state index in [1.165, 1.54) is 42.5 Å². The number of aliphatic hydroxyl groups is 1. The third-order valence-electron chi connectivity index (χ3n) is 3.04. The largest absolute Gasteiger partial charge is 0.387 e. The van der Waals surface area contributed by atoms with E-state index in [9.17, 15) is 23.5 Å². The molecule has 0 aliphatic carbocycles. The van der Waals surface area contributed by atoms with Crippen molar-refractivity contribution in [3.8, 4) is 0 Å². The lowest BCUT2D eigenvalue weighted by Crippen LogP contribution is -2.37. The third-order valence-corrected chi connectivity index (χ3v) is 3.04. The van der Waals surface area contributed by atoms with Crippen LogP contribution < -0.4 is 10.6 Å². The highest BCUT2D eigenvalue weighted by molar-refractivity contribution is 6.39. The topological polar surface area (TPSA) is 78.4 Å². The lowest BCUT2D eigenvalue weighted by Gasteiger charge is -2.12. The molecular formula is C16H14F2N2O3. The van der Waals surface area contributed by atoms with Crippen molar-refractivity contribution in [3.63, 3.8) is 0 Å². The number of benzene rings is 2. The van der Waals surface area contributed by atoms with E-state index in [-0.39, 0.29) is 12.2 Å². The number of para-hydroxylation sites is 1. The number of halogens is 2. The molecule has 0 bridgehead atoms. The summed E-state index contributed by atoms with van der Waals surface area (Å²) in [5, 5.41) is 14.2. The quantitative estimate of drug-likeness (QED) is 0.751. The first kappa shape index (κ1) is 16.6. The molecule has 2 rings (SSSR count). The van der Waals surface area contributed by atoms with Gasteiger partial charge in [-0.25, -0.2) is 8.78 Å². The van der Waals surface area contributed by atoms with Crippen molar-refractivity contribution in [2.45, 2.75) is 6.10 Å². The second-order valence-electron chi connectivity index (χ2n) is 4.71. The van der Waals surface area contributed by atoms with Gasteiger partial charge in [0.2, 0.25) is 0 Å². The van der Waals surface area contributed by atoms with Crippen molar-refractivity contribution in [1.29, 1.82) is 0 Å². The van der Waals surface area contributed by atoms with Gasteiger partial charge >= 0.3 is 11.8 Å². The Bertz CT molecular complexity index is 705. The van der Waals surface area contributed by atoms with Crippen LogP contribution in [0.1, 0.15) is 11.7 Å². The fraction of sp³-hybridized carbons (Fsp3) is 0.125. The number of aliphatic hydroxyl groups excluding tert-OH is 1. The molecule has 0 radical (unpaired) electrons. The molecule has 5 nitrogen and oxygen atoms in total. The van der Waals surface area contributed by atoms with Crippen molar-refractivity contribution in [2.24, 2.45) is 0 Å². The summed E-state index contributed by atoms with van der Waals surface area (Å²) in [6, 6.07) is 10.5. The van der Waals surface area contributed by atoms with E-state index < -0.39 is 29.6 Å². The molecule has 0 aliphatic heterocycles. The molecule has 0 saturated carbocycles. The van der Waals surface area contributed by atoms with Crippen molar-refractivity contribution < 1.29 is 23.5 Å². The molecule has 1 unspecified atom stereocenters. The third kappa shape index (κ3) is 4.58. The summed E-state index contributed by atoms with van der Waals surface area (Å²) in [5.41, 5.74) is 0.271. The highest BCUT2D eigenvalue weighted by atomic mass is 19.1. The summed E-state index contributed by atoms with van der Waals surface area (Å²) in [6.45, 7) is -0.241. The number of amides is 2. The van der Waals surface area contributed by atoms with E-state index in [0.29, 0.717) is 5.56 Å². The maximum atomic E-state index is 13.4. The second-order valence-corrected chi connectivity index (χ2v) is 4.71. The molecule has 23 heavy (non-hydrogen) atoms. The minimum absolute atomic E-state index is 0.119. The summed E-state index contributed by atoms with van der Waals surface area (Å²) < 4.78 is 26.1. The van der Waals surface area contributed by atoms with Crippen LogP contribution in [0.3, 0.4) is 0 Å². The molecule has 0 saturated heterocycles. The van der Waals surface area contributed by atoms with Crippen molar-refractivity contribution in [1.82, 2.24) is 5.32 Å². The molecule has 0 fully saturated rings. The Morgan fingerprint density at radius 3 is 2.30 bits per heavy atom. The summed E-state index contributed by atoms with van der Waals surface area (Å²) in [6.07, 6.45) is -1.10. The van der Waals surface area contributed by atoms with Gasteiger partial charge in [-0.15, -0.1) is 0 Å². The van der Waals surface area contributed by atoms with Crippen molar-refractivity contribution in [3.05, 3.63) is 65.7 Å². The molecule has 3 N–H and O–H groups in total. The summed E-state index contributed by atoms with van der Waals surface area (Å²) in [7, 11) is 0. The van der Waals surface area contributed by atoms with Crippen LogP contribution in [0.2, 0.25) is 0 Å². The molecule has 120 valence electrons. The van der Waals surface area contributed by atoms with Gasteiger partial charge in [0.05, 0.1) is 11.8 Å². The van der Waals surface area contributed by atoms with E-state index in [4.69, 9.17) is 0 Å². The Hall–Kier alpha value is -2.80. The van der Waals surface area contributed by atoms with E-state index >= 15 is 0 Å². The normalized spacial score (nSPS) is 11.6. The van der Waals surface area contributed by atoms with Crippen LogP contribution in [0.5, 0.6) is 0 Å².